The van der Waals surface area contributed by atoms with Gasteiger partial charge in [0.1, 0.15) is 16.8 Å². The molecule has 0 spiro atoms. The first kappa shape index (κ1) is 20.1. The number of aryl methyl sites for hydroxylation is 1. The number of anilines is 3. The lowest BCUT2D eigenvalue weighted by Crippen LogP contribution is -2.16. The van der Waals surface area contributed by atoms with E-state index in [1.54, 1.807) is 36.4 Å². The van der Waals surface area contributed by atoms with Gasteiger partial charge in [0, 0.05) is 0 Å². The molecule has 2 aromatic heterocycles. The number of fused-ring (bicyclic) bond motifs is 2. The lowest BCUT2D eigenvalue weighted by molar-refractivity contribution is 0.481. The highest BCUT2D eigenvalue weighted by Crippen LogP contribution is 2.33. The molecule has 0 atom stereocenters. The molecule has 0 aliphatic heterocycles. The Labute approximate surface area is 187 Å². The molecule has 0 saturated carbocycles. The molecule has 0 fully saturated rings. The van der Waals surface area contributed by atoms with Crippen molar-refractivity contribution < 1.29 is 13.5 Å². The first-order chi connectivity index (χ1) is 15.4. The van der Waals surface area contributed by atoms with Crippen LogP contribution in [0.3, 0.4) is 0 Å². The van der Waals surface area contributed by atoms with Gasteiger partial charge >= 0.3 is 0 Å². The third-order valence-electron chi connectivity index (χ3n) is 4.78. The maximum Gasteiger partial charge on any atom is 0.263 e. The van der Waals surface area contributed by atoms with Gasteiger partial charge in [0.2, 0.25) is 0 Å². The van der Waals surface area contributed by atoms with E-state index < -0.39 is 10.0 Å². The van der Waals surface area contributed by atoms with E-state index >= 15 is 0 Å². The molecule has 2 heterocycles. The normalized spacial score (nSPS) is 11.7. The van der Waals surface area contributed by atoms with Crippen LogP contribution in [0.15, 0.2) is 65.6 Å². The Morgan fingerprint density at radius 1 is 0.844 bits per heavy atom. The van der Waals surface area contributed by atoms with Gasteiger partial charge in [-0.2, -0.15) is 8.75 Å². The summed E-state index contributed by atoms with van der Waals surface area (Å²) in [6.07, 6.45) is 0. The zero-order chi connectivity index (χ0) is 22.3. The van der Waals surface area contributed by atoms with Gasteiger partial charge in [0.05, 0.1) is 33.3 Å². The van der Waals surface area contributed by atoms with Gasteiger partial charge in [-0.15, -0.1) is 0 Å². The van der Waals surface area contributed by atoms with Crippen molar-refractivity contribution in [1.29, 1.82) is 0 Å². The standard InChI is InChI=1S/C21H16N6O3S2/c1-12-6-8-13(9-7-12)32(29,30)27-21-20(22-14-4-2-3-5-15(14)23-21)24-16-10-11-17(28)19-18(16)25-31-26-19/h2-11,28H,1H3,(H,22,24)(H,23,27). The monoisotopic (exact) mass is 464 g/mol. The Morgan fingerprint density at radius 2 is 1.50 bits per heavy atom. The van der Waals surface area contributed by atoms with E-state index in [0.29, 0.717) is 27.8 Å². The van der Waals surface area contributed by atoms with E-state index in [0.717, 1.165) is 17.3 Å². The zero-order valence-electron chi connectivity index (χ0n) is 16.6. The number of hydrogen-bond acceptors (Lipinski definition) is 9. The van der Waals surface area contributed by atoms with Crippen LogP contribution in [-0.2, 0) is 10.0 Å². The van der Waals surface area contributed by atoms with Crippen LogP contribution in [0.2, 0.25) is 0 Å². The molecule has 5 aromatic rings. The van der Waals surface area contributed by atoms with Crippen molar-refractivity contribution in [2.45, 2.75) is 11.8 Å². The second kappa shape index (κ2) is 7.70. The smallest absolute Gasteiger partial charge is 0.263 e. The van der Waals surface area contributed by atoms with Crippen molar-refractivity contribution >= 4 is 61.1 Å². The number of phenols is 1. The molecular formula is C21H16N6O3S2. The summed E-state index contributed by atoms with van der Waals surface area (Å²) < 4.78 is 36.9. The number of nitrogens with zero attached hydrogens (tertiary/aromatic N) is 4. The first-order valence-electron chi connectivity index (χ1n) is 9.48. The molecule has 0 bridgehead atoms. The average molecular weight is 465 g/mol. The van der Waals surface area contributed by atoms with Crippen molar-refractivity contribution in [3.63, 3.8) is 0 Å². The summed E-state index contributed by atoms with van der Waals surface area (Å²) >= 11 is 0.959. The van der Waals surface area contributed by atoms with E-state index in [1.807, 2.05) is 13.0 Å². The van der Waals surface area contributed by atoms with Crippen LogP contribution in [0.5, 0.6) is 5.75 Å². The van der Waals surface area contributed by atoms with Crippen molar-refractivity contribution in [1.82, 2.24) is 18.7 Å². The highest BCUT2D eigenvalue weighted by molar-refractivity contribution is 7.92. The van der Waals surface area contributed by atoms with Crippen LogP contribution >= 0.6 is 11.7 Å². The van der Waals surface area contributed by atoms with Crippen molar-refractivity contribution in [3.05, 3.63) is 66.2 Å². The summed E-state index contributed by atoms with van der Waals surface area (Å²) in [4.78, 5) is 9.17. The Kier molecular flexibility index (Phi) is 4.83. The highest BCUT2D eigenvalue weighted by Gasteiger charge is 2.20. The van der Waals surface area contributed by atoms with Gasteiger partial charge in [-0.25, -0.2) is 18.4 Å². The third kappa shape index (κ3) is 3.67. The lowest BCUT2D eigenvalue weighted by Gasteiger charge is -2.14. The minimum absolute atomic E-state index is 0.00388. The van der Waals surface area contributed by atoms with Gasteiger partial charge in [0.15, 0.2) is 11.6 Å². The lowest BCUT2D eigenvalue weighted by atomic mass is 10.2. The number of phenolic OH excluding ortho intramolecular Hbond substituents is 1. The van der Waals surface area contributed by atoms with Crippen LogP contribution < -0.4 is 10.0 Å². The SMILES string of the molecule is Cc1ccc(S(=O)(=O)Nc2nc3ccccc3nc2Nc2ccc(O)c3nsnc23)cc1. The molecule has 0 amide bonds. The Balaban J connectivity index is 1.61. The fraction of sp³-hybridized carbons (Fsp3) is 0.0476. The van der Waals surface area contributed by atoms with Crippen molar-refractivity contribution in [3.8, 4) is 5.75 Å². The number of nitrogens with one attached hydrogen (secondary N) is 2. The molecule has 160 valence electrons. The summed E-state index contributed by atoms with van der Waals surface area (Å²) in [6.45, 7) is 1.88. The second-order valence-corrected chi connectivity index (χ2v) is 9.26. The molecule has 3 aromatic carbocycles. The molecule has 0 unspecified atom stereocenters. The number of aromatic nitrogens is 4. The second-order valence-electron chi connectivity index (χ2n) is 7.05. The summed E-state index contributed by atoms with van der Waals surface area (Å²) in [5.74, 6) is 0.234. The molecule has 5 rings (SSSR count). The molecule has 11 heteroatoms. The summed E-state index contributed by atoms with van der Waals surface area (Å²) in [7, 11) is -3.91. The largest absolute Gasteiger partial charge is 0.506 e. The molecular weight excluding hydrogens is 448 g/mol. The minimum atomic E-state index is -3.91. The number of aromatic hydroxyl groups is 1. The van der Waals surface area contributed by atoms with E-state index in [4.69, 9.17) is 0 Å². The molecule has 0 saturated heterocycles. The van der Waals surface area contributed by atoms with Gasteiger partial charge < -0.3 is 10.4 Å². The summed E-state index contributed by atoms with van der Waals surface area (Å²) in [5.41, 5.74) is 3.36. The van der Waals surface area contributed by atoms with Gasteiger partial charge in [-0.05, 0) is 43.3 Å². The predicted octanol–water partition coefficient (Wildman–Crippen LogP) is 4.19. The van der Waals surface area contributed by atoms with Gasteiger partial charge in [0.25, 0.3) is 10.0 Å². The molecule has 9 nitrogen and oxygen atoms in total. The Morgan fingerprint density at radius 3 is 2.22 bits per heavy atom. The van der Waals surface area contributed by atoms with Crippen LogP contribution in [0.25, 0.3) is 22.1 Å². The third-order valence-corrected chi connectivity index (χ3v) is 6.66. The van der Waals surface area contributed by atoms with Crippen LogP contribution in [0.1, 0.15) is 5.56 Å². The van der Waals surface area contributed by atoms with Gasteiger partial charge in [-0.3, -0.25) is 4.72 Å². The molecule has 32 heavy (non-hydrogen) atoms. The van der Waals surface area contributed by atoms with E-state index in [-0.39, 0.29) is 22.3 Å². The number of benzene rings is 3. The maximum absolute atomic E-state index is 13.0. The summed E-state index contributed by atoms with van der Waals surface area (Å²) in [6, 6.07) is 16.8. The number of rotatable bonds is 5. The maximum atomic E-state index is 13.0. The quantitative estimate of drug-likeness (QED) is 0.330. The Hall–Kier alpha value is -3.83. The molecule has 0 radical (unpaired) electrons. The summed E-state index contributed by atoms with van der Waals surface area (Å²) in [5, 5.41) is 13.1. The van der Waals surface area contributed by atoms with Crippen molar-refractivity contribution in [2.24, 2.45) is 0 Å². The number of para-hydroxylation sites is 2. The zero-order valence-corrected chi connectivity index (χ0v) is 18.3. The fourth-order valence-electron chi connectivity index (χ4n) is 3.14. The average Bonchev–Trinajstić information content (AvgIpc) is 3.27. The molecule has 0 aliphatic carbocycles. The minimum Gasteiger partial charge on any atom is -0.506 e. The topological polar surface area (TPSA) is 130 Å². The number of sulfonamides is 1. The van der Waals surface area contributed by atoms with E-state index in [9.17, 15) is 13.5 Å². The highest BCUT2D eigenvalue weighted by atomic mass is 32.2. The van der Waals surface area contributed by atoms with Gasteiger partial charge in [-0.1, -0.05) is 29.8 Å². The molecule has 0 aliphatic rings. The Bertz CT molecular complexity index is 1570. The number of hydrogen-bond donors (Lipinski definition) is 3. The first-order valence-corrected chi connectivity index (χ1v) is 11.7. The van der Waals surface area contributed by atoms with Crippen molar-refractivity contribution in [2.75, 3.05) is 10.0 Å². The van der Waals surface area contributed by atoms with Crippen LogP contribution in [0, 0.1) is 6.92 Å². The van der Waals surface area contributed by atoms with E-state index in [2.05, 4.69) is 28.8 Å². The van der Waals surface area contributed by atoms with E-state index in [1.165, 1.54) is 18.2 Å². The van der Waals surface area contributed by atoms with Crippen LogP contribution in [0.4, 0.5) is 17.3 Å². The fourth-order valence-corrected chi connectivity index (χ4v) is 4.72. The molecule has 3 N–H and O–H groups in total. The predicted molar refractivity (Wildman–Crippen MR) is 124 cm³/mol. The van der Waals surface area contributed by atoms with Crippen LogP contribution in [-0.4, -0.2) is 32.2 Å².